The molecule has 0 saturated carbocycles. The molecule has 3 N–H and O–H groups in total. The lowest BCUT2D eigenvalue weighted by Gasteiger charge is -2.16. The van der Waals surface area contributed by atoms with Crippen molar-refractivity contribution in [2.24, 2.45) is 0 Å². The third kappa shape index (κ3) is 5.26. The molecule has 0 aliphatic heterocycles. The molecule has 0 spiro atoms. The third-order valence-electron chi connectivity index (χ3n) is 2.93. The highest BCUT2D eigenvalue weighted by Gasteiger charge is 2.17. The van der Waals surface area contributed by atoms with E-state index in [4.69, 9.17) is 40.2 Å². The molecule has 0 fully saturated rings. The molecule has 2 rings (SSSR count). The number of phenols is 1. The van der Waals surface area contributed by atoms with Gasteiger partial charge in [-0.25, -0.2) is 0 Å². The van der Waals surface area contributed by atoms with Crippen molar-refractivity contribution in [1.82, 2.24) is 5.32 Å². The minimum atomic E-state index is -0.816. The van der Waals surface area contributed by atoms with Crippen LogP contribution in [0.1, 0.15) is 6.92 Å². The molecule has 0 saturated heterocycles. The maximum absolute atomic E-state index is 12.1. The number of hydrogen-bond acceptors (Lipinski definition) is 4. The number of anilines is 1. The number of halogens is 2. The van der Waals surface area contributed by atoms with Crippen molar-refractivity contribution in [3.05, 3.63) is 52.5 Å². The van der Waals surface area contributed by atoms with Crippen LogP contribution in [0, 0.1) is 0 Å². The van der Waals surface area contributed by atoms with Crippen molar-refractivity contribution < 1.29 is 14.6 Å². The lowest BCUT2D eigenvalue weighted by atomic mass is 10.3. The van der Waals surface area contributed by atoms with E-state index in [1.165, 1.54) is 18.2 Å². The molecule has 0 heterocycles. The van der Waals surface area contributed by atoms with E-state index in [1.54, 1.807) is 31.2 Å². The van der Waals surface area contributed by atoms with E-state index in [-0.39, 0.29) is 10.9 Å². The Morgan fingerprint density at radius 2 is 1.88 bits per heavy atom. The number of nitrogens with one attached hydrogen (secondary N) is 2. The first-order chi connectivity index (χ1) is 11.3. The van der Waals surface area contributed by atoms with Crippen molar-refractivity contribution in [3.8, 4) is 11.5 Å². The minimum Gasteiger partial charge on any atom is -0.508 e. The summed E-state index contributed by atoms with van der Waals surface area (Å²) in [4.78, 5) is 12.1. The summed E-state index contributed by atoms with van der Waals surface area (Å²) in [5.41, 5.74) is 0.632. The van der Waals surface area contributed by atoms with Gasteiger partial charge in [0.1, 0.15) is 11.5 Å². The summed E-state index contributed by atoms with van der Waals surface area (Å²) in [6, 6.07) is 11.0. The van der Waals surface area contributed by atoms with Gasteiger partial charge in [0, 0.05) is 10.7 Å². The Labute approximate surface area is 154 Å². The van der Waals surface area contributed by atoms with Crippen molar-refractivity contribution in [2.45, 2.75) is 13.0 Å². The molecule has 0 aromatic heterocycles. The molecular formula is C16H14Cl2N2O3S. The molecule has 24 heavy (non-hydrogen) atoms. The molecule has 0 radical (unpaired) electrons. The largest absolute Gasteiger partial charge is 0.508 e. The van der Waals surface area contributed by atoms with Crippen molar-refractivity contribution in [1.29, 1.82) is 0 Å². The first-order valence-electron chi connectivity index (χ1n) is 6.88. The van der Waals surface area contributed by atoms with Crippen LogP contribution in [0.2, 0.25) is 10.0 Å². The predicted octanol–water partition coefficient (Wildman–Crippen LogP) is 3.98. The number of benzene rings is 2. The highest BCUT2D eigenvalue weighted by molar-refractivity contribution is 7.80. The molecule has 0 bridgehead atoms. The van der Waals surface area contributed by atoms with E-state index in [9.17, 15) is 9.90 Å². The second-order valence-corrected chi connectivity index (χ2v) is 6.08. The van der Waals surface area contributed by atoms with Gasteiger partial charge in [0.25, 0.3) is 5.91 Å². The van der Waals surface area contributed by atoms with Gasteiger partial charge in [0.2, 0.25) is 0 Å². The van der Waals surface area contributed by atoms with Crippen LogP contribution in [0.3, 0.4) is 0 Å². The summed E-state index contributed by atoms with van der Waals surface area (Å²) >= 11 is 16.9. The molecule has 2 aromatic carbocycles. The quantitative estimate of drug-likeness (QED) is 0.549. The Hall–Kier alpha value is -2.02. The van der Waals surface area contributed by atoms with Gasteiger partial charge in [0.15, 0.2) is 11.2 Å². The van der Waals surface area contributed by atoms with Gasteiger partial charge in [0.05, 0.1) is 5.02 Å². The topological polar surface area (TPSA) is 70.6 Å². The highest BCUT2D eigenvalue weighted by atomic mass is 35.5. The Bertz CT molecular complexity index is 753. The third-order valence-corrected chi connectivity index (χ3v) is 3.66. The number of rotatable bonds is 4. The zero-order valence-electron chi connectivity index (χ0n) is 12.5. The summed E-state index contributed by atoms with van der Waals surface area (Å²) in [5, 5.41) is 15.5. The first kappa shape index (κ1) is 18.3. The zero-order valence-corrected chi connectivity index (χ0v) is 14.9. The summed E-state index contributed by atoms with van der Waals surface area (Å²) < 4.78 is 5.51. The van der Waals surface area contributed by atoms with E-state index >= 15 is 0 Å². The second kappa shape index (κ2) is 8.19. The summed E-state index contributed by atoms with van der Waals surface area (Å²) in [6.45, 7) is 1.57. The van der Waals surface area contributed by atoms with Crippen LogP contribution in [0.15, 0.2) is 42.5 Å². The molecule has 0 aliphatic rings. The number of phenolic OH excluding ortho intramolecular Hbond substituents is 1. The van der Waals surface area contributed by atoms with Gasteiger partial charge in [-0.1, -0.05) is 23.2 Å². The fraction of sp³-hybridized carbons (Fsp3) is 0.125. The van der Waals surface area contributed by atoms with E-state index in [0.717, 1.165) is 0 Å². The average molecular weight is 385 g/mol. The van der Waals surface area contributed by atoms with Crippen LogP contribution in [0.5, 0.6) is 11.5 Å². The zero-order chi connectivity index (χ0) is 17.7. The minimum absolute atomic E-state index is 0.114. The van der Waals surface area contributed by atoms with Crippen LogP contribution in [0.4, 0.5) is 5.69 Å². The molecule has 1 unspecified atom stereocenters. The molecule has 2 aromatic rings. The average Bonchev–Trinajstić information content (AvgIpc) is 2.52. The first-order valence-corrected chi connectivity index (χ1v) is 8.04. The van der Waals surface area contributed by atoms with Crippen molar-refractivity contribution in [2.75, 3.05) is 5.32 Å². The lowest BCUT2D eigenvalue weighted by Crippen LogP contribution is -2.42. The van der Waals surface area contributed by atoms with Crippen LogP contribution in [-0.2, 0) is 4.79 Å². The fourth-order valence-corrected chi connectivity index (χ4v) is 2.41. The Balaban J connectivity index is 1.90. The fourth-order valence-electron chi connectivity index (χ4n) is 1.74. The van der Waals surface area contributed by atoms with Gasteiger partial charge in [-0.05, 0) is 61.6 Å². The normalized spacial score (nSPS) is 11.5. The monoisotopic (exact) mass is 384 g/mol. The maximum Gasteiger partial charge on any atom is 0.266 e. The number of carbonyl (C=O) groups excluding carboxylic acids is 1. The number of amides is 1. The van der Waals surface area contributed by atoms with E-state index in [0.29, 0.717) is 21.5 Å². The van der Waals surface area contributed by atoms with Gasteiger partial charge in [-0.3, -0.25) is 10.1 Å². The molecule has 1 amide bonds. The molecule has 126 valence electrons. The highest BCUT2D eigenvalue weighted by Crippen LogP contribution is 2.28. The molecule has 8 heteroatoms. The standard InChI is InChI=1S/C16H14Cl2N2O3S/c1-9(23-14-7-2-10(17)8-13(14)18)15(22)20-16(24)19-11-3-5-12(21)6-4-11/h2-9,21H,1H3,(H2,19,20,22,24). The van der Waals surface area contributed by atoms with E-state index in [2.05, 4.69) is 10.6 Å². The van der Waals surface area contributed by atoms with Crippen molar-refractivity contribution >= 4 is 52.1 Å². The van der Waals surface area contributed by atoms with Crippen LogP contribution in [0.25, 0.3) is 0 Å². The molecule has 5 nitrogen and oxygen atoms in total. The van der Waals surface area contributed by atoms with Crippen LogP contribution < -0.4 is 15.4 Å². The Morgan fingerprint density at radius 3 is 2.50 bits per heavy atom. The van der Waals surface area contributed by atoms with Gasteiger partial charge in [-0.15, -0.1) is 0 Å². The number of ether oxygens (including phenoxy) is 1. The smallest absolute Gasteiger partial charge is 0.266 e. The lowest BCUT2D eigenvalue weighted by molar-refractivity contribution is -0.125. The summed E-state index contributed by atoms with van der Waals surface area (Å²) in [6.07, 6.45) is -0.816. The maximum atomic E-state index is 12.1. The summed E-state index contributed by atoms with van der Waals surface area (Å²) in [7, 11) is 0. The SMILES string of the molecule is CC(Oc1ccc(Cl)cc1Cl)C(=O)NC(=S)Nc1ccc(O)cc1. The van der Waals surface area contributed by atoms with Crippen LogP contribution in [-0.4, -0.2) is 22.2 Å². The Morgan fingerprint density at radius 1 is 1.21 bits per heavy atom. The Kier molecular flexibility index (Phi) is 6.25. The molecule has 1 atom stereocenters. The number of carbonyl (C=O) groups is 1. The van der Waals surface area contributed by atoms with E-state index in [1.807, 2.05) is 0 Å². The van der Waals surface area contributed by atoms with Gasteiger partial charge in [-0.2, -0.15) is 0 Å². The van der Waals surface area contributed by atoms with Crippen LogP contribution >= 0.6 is 35.4 Å². The van der Waals surface area contributed by atoms with Crippen molar-refractivity contribution in [3.63, 3.8) is 0 Å². The number of aromatic hydroxyl groups is 1. The predicted molar refractivity (Wildman–Crippen MR) is 99.0 cm³/mol. The van der Waals surface area contributed by atoms with Gasteiger partial charge >= 0.3 is 0 Å². The number of thiocarbonyl (C=S) groups is 1. The van der Waals surface area contributed by atoms with Gasteiger partial charge < -0.3 is 15.2 Å². The number of hydrogen-bond donors (Lipinski definition) is 3. The molecular weight excluding hydrogens is 371 g/mol. The molecule has 0 aliphatic carbocycles. The van der Waals surface area contributed by atoms with E-state index < -0.39 is 12.0 Å². The second-order valence-electron chi connectivity index (χ2n) is 4.83. The summed E-state index contributed by atoms with van der Waals surface area (Å²) in [5.74, 6) is 0.0517.